The van der Waals surface area contributed by atoms with Crippen molar-refractivity contribution < 1.29 is 13.2 Å². The van der Waals surface area contributed by atoms with Crippen molar-refractivity contribution in [3.63, 3.8) is 0 Å². The highest BCUT2D eigenvalue weighted by Gasteiger charge is 2.54. The second kappa shape index (κ2) is 5.44. The average Bonchev–Trinajstić information content (AvgIpc) is 2.86. The van der Waals surface area contributed by atoms with Gasteiger partial charge in [-0.15, -0.1) is 0 Å². The Morgan fingerprint density at radius 1 is 1.04 bits per heavy atom. The summed E-state index contributed by atoms with van der Waals surface area (Å²) < 4.78 is 33.5. The molecule has 3 atom stereocenters. The Kier molecular flexibility index (Phi) is 3.52. The molecular formula is C18H19NO3S. The third-order valence-corrected chi connectivity index (χ3v) is 6.65. The molecule has 0 saturated carbocycles. The van der Waals surface area contributed by atoms with Gasteiger partial charge in [-0.05, 0) is 31.0 Å². The van der Waals surface area contributed by atoms with Crippen LogP contribution < -0.4 is 0 Å². The van der Waals surface area contributed by atoms with E-state index in [1.807, 2.05) is 49.4 Å². The van der Waals surface area contributed by atoms with Gasteiger partial charge < -0.3 is 4.74 Å². The lowest BCUT2D eigenvalue weighted by molar-refractivity contribution is -0.154. The van der Waals surface area contributed by atoms with E-state index in [0.29, 0.717) is 11.4 Å². The quantitative estimate of drug-likeness (QED) is 0.870. The summed E-state index contributed by atoms with van der Waals surface area (Å²) in [6, 6.07) is 16.8. The molecule has 2 aliphatic rings. The van der Waals surface area contributed by atoms with Gasteiger partial charge in [0.25, 0.3) is 0 Å². The van der Waals surface area contributed by atoms with Crippen LogP contribution in [0.3, 0.4) is 0 Å². The van der Waals surface area contributed by atoms with Crippen LogP contribution in [-0.2, 0) is 14.8 Å². The molecule has 2 aromatic rings. The summed E-state index contributed by atoms with van der Waals surface area (Å²) in [5.74, 6) is 0. The zero-order valence-corrected chi connectivity index (χ0v) is 13.7. The number of nitrogens with zero attached hydrogens (tertiary/aromatic N) is 1. The minimum Gasteiger partial charge on any atom is -0.367 e. The topological polar surface area (TPSA) is 46.6 Å². The lowest BCUT2D eigenvalue weighted by Gasteiger charge is -2.43. The summed E-state index contributed by atoms with van der Waals surface area (Å²) in [7, 11) is -3.47. The molecule has 0 aromatic heterocycles. The van der Waals surface area contributed by atoms with E-state index in [0.717, 1.165) is 17.5 Å². The third kappa shape index (κ3) is 2.40. The van der Waals surface area contributed by atoms with Crippen LogP contribution in [0.5, 0.6) is 0 Å². The standard InChI is InChI=1S/C18H19NO3S/c1-13-7-9-15(10-8-13)23(20,21)19-12-11-16-17(19)18(22-16)14-5-3-2-4-6-14/h2-10,16-18H,11-12H2,1H3/t16-,17+,18+/m0/s1. The Bertz CT molecular complexity index is 802. The number of benzene rings is 2. The molecule has 0 spiro atoms. The predicted molar refractivity (Wildman–Crippen MR) is 87.5 cm³/mol. The number of ether oxygens (including phenoxy) is 1. The summed E-state index contributed by atoms with van der Waals surface area (Å²) in [6.45, 7) is 2.47. The average molecular weight is 329 g/mol. The summed E-state index contributed by atoms with van der Waals surface area (Å²) in [5.41, 5.74) is 2.09. The molecule has 0 aliphatic carbocycles. The summed E-state index contributed by atoms with van der Waals surface area (Å²) in [5, 5.41) is 0. The molecule has 2 aromatic carbocycles. The Morgan fingerprint density at radius 2 is 1.74 bits per heavy atom. The van der Waals surface area contributed by atoms with Gasteiger partial charge in [-0.2, -0.15) is 4.31 Å². The van der Waals surface area contributed by atoms with Gasteiger partial charge in [0.05, 0.1) is 17.0 Å². The van der Waals surface area contributed by atoms with E-state index in [-0.39, 0.29) is 18.2 Å². The molecule has 0 amide bonds. The monoisotopic (exact) mass is 329 g/mol. The van der Waals surface area contributed by atoms with Crippen LogP contribution in [0.2, 0.25) is 0 Å². The highest BCUT2D eigenvalue weighted by molar-refractivity contribution is 7.89. The maximum atomic E-state index is 13.0. The SMILES string of the molecule is Cc1ccc(S(=O)(=O)N2CC[C@@H]3O[C@H](c4ccccc4)[C@@H]32)cc1. The van der Waals surface area contributed by atoms with E-state index >= 15 is 0 Å². The highest BCUT2D eigenvalue weighted by atomic mass is 32.2. The molecule has 0 unspecified atom stereocenters. The minimum absolute atomic E-state index is 0.0143. The molecule has 4 nitrogen and oxygen atoms in total. The number of hydrogen-bond acceptors (Lipinski definition) is 3. The van der Waals surface area contributed by atoms with E-state index < -0.39 is 10.0 Å². The van der Waals surface area contributed by atoms with Crippen molar-refractivity contribution in [1.82, 2.24) is 4.31 Å². The van der Waals surface area contributed by atoms with Crippen molar-refractivity contribution in [2.24, 2.45) is 0 Å². The van der Waals surface area contributed by atoms with Crippen LogP contribution in [0.15, 0.2) is 59.5 Å². The first kappa shape index (κ1) is 14.9. The van der Waals surface area contributed by atoms with Crippen molar-refractivity contribution in [1.29, 1.82) is 0 Å². The van der Waals surface area contributed by atoms with Crippen molar-refractivity contribution in [3.8, 4) is 0 Å². The van der Waals surface area contributed by atoms with Crippen LogP contribution in [-0.4, -0.2) is 31.4 Å². The first-order valence-corrected chi connectivity index (χ1v) is 9.30. The lowest BCUT2D eigenvalue weighted by Crippen LogP contribution is -2.53. The molecule has 2 saturated heterocycles. The summed E-state index contributed by atoms with van der Waals surface area (Å²) >= 11 is 0. The maximum absolute atomic E-state index is 13.0. The predicted octanol–water partition coefficient (Wildman–Crippen LogP) is 2.90. The zero-order valence-electron chi connectivity index (χ0n) is 12.9. The second-order valence-electron chi connectivity index (χ2n) is 6.21. The lowest BCUT2D eigenvalue weighted by atomic mass is 9.93. The van der Waals surface area contributed by atoms with Crippen molar-refractivity contribution in [2.45, 2.75) is 36.5 Å². The van der Waals surface area contributed by atoms with Gasteiger partial charge in [-0.3, -0.25) is 0 Å². The molecule has 0 radical (unpaired) electrons. The number of fused-ring (bicyclic) bond motifs is 1. The molecule has 4 rings (SSSR count). The van der Waals surface area contributed by atoms with Gasteiger partial charge in [-0.25, -0.2) is 8.42 Å². The molecule has 5 heteroatoms. The molecule has 2 aliphatic heterocycles. The number of aryl methyl sites for hydroxylation is 1. The van der Waals surface area contributed by atoms with Crippen LogP contribution >= 0.6 is 0 Å². The molecule has 0 bridgehead atoms. The van der Waals surface area contributed by atoms with Gasteiger partial charge in [0.2, 0.25) is 10.0 Å². The fourth-order valence-electron chi connectivity index (χ4n) is 3.48. The molecule has 23 heavy (non-hydrogen) atoms. The number of sulfonamides is 1. The Balaban J connectivity index is 1.65. The summed E-state index contributed by atoms with van der Waals surface area (Å²) in [6.07, 6.45) is 0.614. The number of hydrogen-bond donors (Lipinski definition) is 0. The van der Waals surface area contributed by atoms with Crippen molar-refractivity contribution in [2.75, 3.05) is 6.54 Å². The van der Waals surface area contributed by atoms with E-state index in [2.05, 4.69) is 0 Å². The second-order valence-corrected chi connectivity index (χ2v) is 8.10. The fourth-order valence-corrected chi connectivity index (χ4v) is 5.14. The van der Waals surface area contributed by atoms with Gasteiger partial charge in [0.1, 0.15) is 6.10 Å². The van der Waals surface area contributed by atoms with Gasteiger partial charge in [0.15, 0.2) is 0 Å². The molecule has 2 fully saturated rings. The first-order valence-electron chi connectivity index (χ1n) is 7.86. The zero-order chi connectivity index (χ0) is 16.0. The van der Waals surface area contributed by atoms with Gasteiger partial charge in [-0.1, -0.05) is 48.0 Å². The van der Waals surface area contributed by atoms with Crippen molar-refractivity contribution >= 4 is 10.0 Å². The maximum Gasteiger partial charge on any atom is 0.243 e. The largest absolute Gasteiger partial charge is 0.367 e. The Hall–Kier alpha value is -1.69. The summed E-state index contributed by atoms with van der Waals surface area (Å²) in [4.78, 5) is 0.363. The van der Waals surface area contributed by atoms with Crippen molar-refractivity contribution in [3.05, 3.63) is 65.7 Å². The molecule has 120 valence electrons. The van der Waals surface area contributed by atoms with Crippen LogP contribution in [0.4, 0.5) is 0 Å². The van der Waals surface area contributed by atoms with E-state index in [1.54, 1.807) is 16.4 Å². The van der Waals surface area contributed by atoms with E-state index in [1.165, 1.54) is 0 Å². The van der Waals surface area contributed by atoms with Crippen LogP contribution in [0, 0.1) is 6.92 Å². The Morgan fingerprint density at radius 3 is 2.43 bits per heavy atom. The van der Waals surface area contributed by atoms with Crippen LogP contribution in [0.25, 0.3) is 0 Å². The molecular weight excluding hydrogens is 310 g/mol. The first-order chi connectivity index (χ1) is 11.1. The smallest absolute Gasteiger partial charge is 0.243 e. The normalized spacial score (nSPS) is 27.4. The highest BCUT2D eigenvalue weighted by Crippen LogP contribution is 2.46. The van der Waals surface area contributed by atoms with Gasteiger partial charge in [0, 0.05) is 6.54 Å². The van der Waals surface area contributed by atoms with Crippen LogP contribution in [0.1, 0.15) is 23.7 Å². The fraction of sp³-hybridized carbons (Fsp3) is 0.333. The molecule has 2 heterocycles. The van der Waals surface area contributed by atoms with E-state index in [9.17, 15) is 8.42 Å². The van der Waals surface area contributed by atoms with E-state index in [4.69, 9.17) is 4.74 Å². The number of rotatable bonds is 3. The third-order valence-electron chi connectivity index (χ3n) is 4.73. The Labute approximate surface area is 136 Å². The molecule has 0 N–H and O–H groups in total. The minimum atomic E-state index is -3.47. The van der Waals surface area contributed by atoms with Gasteiger partial charge >= 0.3 is 0 Å².